The average molecular weight is 373 g/mol. The van der Waals surface area contributed by atoms with Gasteiger partial charge in [-0.25, -0.2) is 4.98 Å². The Morgan fingerprint density at radius 3 is 2.52 bits per heavy atom. The second-order valence-electron chi connectivity index (χ2n) is 8.59. The van der Waals surface area contributed by atoms with Gasteiger partial charge in [-0.3, -0.25) is 4.90 Å². The Balaban J connectivity index is 1.39. The molecule has 150 valence electrons. The fraction of sp³-hybridized carbons (Fsp3) is 0.810. The molecule has 3 N–H and O–H groups in total. The molecule has 0 radical (unpaired) electrons. The van der Waals surface area contributed by atoms with Crippen LogP contribution < -0.4 is 16.0 Å². The Morgan fingerprint density at radius 1 is 1.04 bits per heavy atom. The maximum Gasteiger partial charge on any atom is 0.224 e. The van der Waals surface area contributed by atoms with Crippen LogP contribution in [0.5, 0.6) is 0 Å². The highest BCUT2D eigenvalue weighted by Crippen LogP contribution is 2.30. The number of nitrogens with zero attached hydrogens (tertiary/aromatic N) is 4. The smallest absolute Gasteiger partial charge is 0.224 e. The summed E-state index contributed by atoms with van der Waals surface area (Å²) >= 11 is 0. The summed E-state index contributed by atoms with van der Waals surface area (Å²) in [5.74, 6) is 1.86. The van der Waals surface area contributed by atoms with Crippen LogP contribution in [0.1, 0.15) is 64.2 Å². The van der Waals surface area contributed by atoms with Gasteiger partial charge < -0.3 is 16.0 Å². The summed E-state index contributed by atoms with van der Waals surface area (Å²) in [6, 6.07) is 3.69. The third-order valence-corrected chi connectivity index (χ3v) is 6.68. The summed E-state index contributed by atoms with van der Waals surface area (Å²) in [7, 11) is 0. The van der Waals surface area contributed by atoms with Crippen molar-refractivity contribution < 1.29 is 0 Å². The van der Waals surface area contributed by atoms with E-state index in [-0.39, 0.29) is 0 Å². The van der Waals surface area contributed by atoms with Gasteiger partial charge in [-0.05, 0) is 38.2 Å². The number of nitrogens with two attached hydrogens (primary N) is 1. The normalized spacial score (nSPS) is 28.3. The van der Waals surface area contributed by atoms with Crippen molar-refractivity contribution in [2.75, 3.05) is 36.4 Å². The highest BCUT2D eigenvalue weighted by molar-refractivity contribution is 5.43. The predicted octanol–water partition coefficient (Wildman–Crippen LogP) is 3.00. The van der Waals surface area contributed by atoms with Crippen LogP contribution in [0, 0.1) is 0 Å². The van der Waals surface area contributed by atoms with E-state index in [1.54, 1.807) is 0 Å². The van der Waals surface area contributed by atoms with Gasteiger partial charge in [0, 0.05) is 50.5 Å². The van der Waals surface area contributed by atoms with E-state index in [4.69, 9.17) is 10.7 Å². The first-order valence-electron chi connectivity index (χ1n) is 11.1. The van der Waals surface area contributed by atoms with Crippen molar-refractivity contribution in [3.63, 3.8) is 0 Å². The summed E-state index contributed by atoms with van der Waals surface area (Å²) in [5.41, 5.74) is 6.12. The van der Waals surface area contributed by atoms with Gasteiger partial charge in [-0.2, -0.15) is 4.98 Å². The molecule has 2 saturated heterocycles. The van der Waals surface area contributed by atoms with E-state index in [1.807, 2.05) is 6.20 Å². The van der Waals surface area contributed by atoms with Gasteiger partial charge in [-0.15, -0.1) is 0 Å². The lowest BCUT2D eigenvalue weighted by atomic mass is 9.94. The topological polar surface area (TPSA) is 70.3 Å². The molecule has 1 aromatic heterocycles. The van der Waals surface area contributed by atoms with E-state index in [0.29, 0.717) is 12.1 Å². The van der Waals surface area contributed by atoms with Gasteiger partial charge in [0.05, 0.1) is 0 Å². The average Bonchev–Trinajstić information content (AvgIpc) is 2.93. The minimum Gasteiger partial charge on any atom is -0.356 e. The molecule has 2 aliphatic heterocycles. The third kappa shape index (κ3) is 4.72. The van der Waals surface area contributed by atoms with Crippen molar-refractivity contribution in [2.24, 2.45) is 5.73 Å². The van der Waals surface area contributed by atoms with Crippen LogP contribution in [0.2, 0.25) is 0 Å². The Hall–Kier alpha value is -1.40. The molecule has 2 atom stereocenters. The van der Waals surface area contributed by atoms with E-state index in [9.17, 15) is 0 Å². The summed E-state index contributed by atoms with van der Waals surface area (Å²) in [4.78, 5) is 14.5. The van der Waals surface area contributed by atoms with Gasteiger partial charge in [0.1, 0.15) is 5.82 Å². The van der Waals surface area contributed by atoms with E-state index in [2.05, 4.69) is 26.2 Å². The quantitative estimate of drug-likeness (QED) is 0.828. The lowest BCUT2D eigenvalue weighted by Gasteiger charge is -2.35. The fourth-order valence-corrected chi connectivity index (χ4v) is 5.22. The van der Waals surface area contributed by atoms with Crippen LogP contribution in [-0.2, 0) is 0 Å². The Morgan fingerprint density at radius 2 is 1.78 bits per heavy atom. The molecule has 3 aliphatic rings. The highest BCUT2D eigenvalue weighted by Gasteiger charge is 2.36. The van der Waals surface area contributed by atoms with Crippen LogP contribution in [0.4, 0.5) is 11.8 Å². The molecule has 6 nitrogen and oxygen atoms in total. The molecule has 3 fully saturated rings. The van der Waals surface area contributed by atoms with Crippen molar-refractivity contribution in [2.45, 2.75) is 82.3 Å². The summed E-state index contributed by atoms with van der Waals surface area (Å²) < 4.78 is 0. The first-order valence-corrected chi connectivity index (χ1v) is 11.1. The SMILES string of the molecule is NCC1CC(Nc2nccc(N3CCCCCC3)n2)CN1C1CCCCC1. The molecule has 6 heteroatoms. The minimum absolute atomic E-state index is 0.403. The van der Waals surface area contributed by atoms with Crippen LogP contribution in [0.25, 0.3) is 0 Å². The van der Waals surface area contributed by atoms with Crippen LogP contribution in [0.3, 0.4) is 0 Å². The van der Waals surface area contributed by atoms with Crippen molar-refractivity contribution in [3.8, 4) is 0 Å². The monoisotopic (exact) mass is 372 g/mol. The second-order valence-corrected chi connectivity index (χ2v) is 8.59. The molecule has 0 amide bonds. The van der Waals surface area contributed by atoms with Gasteiger partial charge in [0.15, 0.2) is 0 Å². The highest BCUT2D eigenvalue weighted by atomic mass is 15.3. The number of hydrogen-bond donors (Lipinski definition) is 2. The molecule has 1 aromatic rings. The van der Waals surface area contributed by atoms with Crippen molar-refractivity contribution >= 4 is 11.8 Å². The van der Waals surface area contributed by atoms with Crippen molar-refractivity contribution in [3.05, 3.63) is 12.3 Å². The third-order valence-electron chi connectivity index (χ3n) is 6.68. The molecule has 1 aliphatic carbocycles. The van der Waals surface area contributed by atoms with Gasteiger partial charge in [0.25, 0.3) is 0 Å². The number of likely N-dealkylation sites (tertiary alicyclic amines) is 1. The van der Waals surface area contributed by atoms with E-state index < -0.39 is 0 Å². The van der Waals surface area contributed by atoms with Crippen molar-refractivity contribution in [1.29, 1.82) is 0 Å². The standard InChI is InChI=1S/C21H36N6/c22-15-19-14-17(16-27(19)18-8-4-3-5-9-18)24-21-23-11-10-20(25-21)26-12-6-1-2-7-13-26/h10-11,17-19H,1-9,12-16,22H2,(H,23,24,25). The predicted molar refractivity (Wildman–Crippen MR) is 111 cm³/mol. The number of hydrogen-bond acceptors (Lipinski definition) is 6. The number of aromatic nitrogens is 2. The van der Waals surface area contributed by atoms with Crippen molar-refractivity contribution in [1.82, 2.24) is 14.9 Å². The zero-order valence-electron chi connectivity index (χ0n) is 16.7. The zero-order chi connectivity index (χ0) is 18.5. The molecule has 1 saturated carbocycles. The molecule has 3 heterocycles. The lowest BCUT2D eigenvalue weighted by molar-refractivity contribution is 0.144. The van der Waals surface area contributed by atoms with Crippen LogP contribution >= 0.6 is 0 Å². The number of anilines is 2. The van der Waals surface area contributed by atoms with E-state index in [1.165, 1.54) is 57.8 Å². The summed E-state index contributed by atoms with van der Waals surface area (Å²) in [6.07, 6.45) is 15.0. The van der Waals surface area contributed by atoms with Crippen LogP contribution in [-0.4, -0.2) is 59.2 Å². The molecular formula is C21H36N6. The molecule has 27 heavy (non-hydrogen) atoms. The Labute approximate surface area is 163 Å². The number of nitrogens with one attached hydrogen (secondary N) is 1. The van der Waals surface area contributed by atoms with E-state index in [0.717, 1.165) is 50.4 Å². The van der Waals surface area contributed by atoms with Gasteiger partial charge >= 0.3 is 0 Å². The Kier molecular flexibility index (Phi) is 6.45. The molecular weight excluding hydrogens is 336 g/mol. The molecule has 0 spiro atoms. The fourth-order valence-electron chi connectivity index (χ4n) is 5.22. The second kappa shape index (κ2) is 9.20. The zero-order valence-corrected chi connectivity index (χ0v) is 16.7. The van der Waals surface area contributed by atoms with Crippen LogP contribution in [0.15, 0.2) is 12.3 Å². The number of rotatable bonds is 5. The maximum atomic E-state index is 6.12. The largest absolute Gasteiger partial charge is 0.356 e. The Bertz CT molecular complexity index is 580. The minimum atomic E-state index is 0.403. The van der Waals surface area contributed by atoms with Gasteiger partial charge in [0.2, 0.25) is 5.95 Å². The lowest BCUT2D eigenvalue weighted by Crippen LogP contribution is -2.44. The maximum absolute atomic E-state index is 6.12. The first kappa shape index (κ1) is 18.9. The molecule has 0 aromatic carbocycles. The molecule has 4 rings (SSSR count). The summed E-state index contributed by atoms with van der Waals surface area (Å²) in [5, 5.41) is 3.62. The van der Waals surface area contributed by atoms with E-state index >= 15 is 0 Å². The molecule has 0 bridgehead atoms. The first-order chi connectivity index (χ1) is 13.3. The summed E-state index contributed by atoms with van der Waals surface area (Å²) in [6.45, 7) is 4.06. The molecule has 2 unspecified atom stereocenters. The van der Waals surface area contributed by atoms with Gasteiger partial charge in [-0.1, -0.05) is 32.1 Å².